The summed E-state index contributed by atoms with van der Waals surface area (Å²) in [5.41, 5.74) is 1.96. The molecule has 2 aromatic carbocycles. The number of benzene rings is 2. The van der Waals surface area contributed by atoms with E-state index in [1.165, 1.54) is 121 Å². The molecule has 0 heterocycles. The third-order valence-corrected chi connectivity index (χ3v) is 17.4. The van der Waals surface area contributed by atoms with Crippen LogP contribution in [0.25, 0.3) is 0 Å². The summed E-state index contributed by atoms with van der Waals surface area (Å²) in [6.45, 7) is 3.83. The van der Waals surface area contributed by atoms with E-state index in [0.717, 1.165) is 91.2 Å². The predicted octanol–water partition coefficient (Wildman–Crippen LogP) is 15.0. The van der Waals surface area contributed by atoms with Crippen LogP contribution >= 0.6 is 0 Å². The van der Waals surface area contributed by atoms with Gasteiger partial charge in [-0.25, -0.2) is 17.6 Å². The molecule has 6 rings (SSSR count). The Kier molecular flexibility index (Phi) is 19.6. The fourth-order valence-electron chi connectivity index (χ4n) is 11.0. The first-order chi connectivity index (χ1) is 26.7. The van der Waals surface area contributed by atoms with Gasteiger partial charge in [0.05, 0.1) is 0 Å². The van der Waals surface area contributed by atoms with Crippen LogP contribution in [0, 0.1) is 58.8 Å². The molecule has 0 aliphatic heterocycles. The highest BCUT2D eigenvalue weighted by atomic mass is 28.4. The molecule has 0 bridgehead atoms. The second-order valence-corrected chi connectivity index (χ2v) is 20.6. The molecule has 4 aliphatic rings. The van der Waals surface area contributed by atoms with Crippen LogP contribution in [0.15, 0.2) is 49.1 Å². The average molecular weight is 806 g/mol. The zero-order valence-corrected chi connectivity index (χ0v) is 35.2. The molecule has 0 atom stereocenters. The lowest BCUT2D eigenvalue weighted by Gasteiger charge is -2.38. The van der Waals surface area contributed by atoms with Crippen molar-refractivity contribution in [1.29, 1.82) is 0 Å². The Morgan fingerprint density at radius 2 is 0.929 bits per heavy atom. The molecule has 8 heteroatoms. The van der Waals surface area contributed by atoms with E-state index in [1.807, 2.05) is 6.08 Å². The van der Waals surface area contributed by atoms with Gasteiger partial charge in [-0.05, 0) is 179 Å². The van der Waals surface area contributed by atoms with Gasteiger partial charge < -0.3 is 13.3 Å². The third-order valence-electron chi connectivity index (χ3n) is 14.5. The summed E-state index contributed by atoms with van der Waals surface area (Å²) in [6.07, 6.45) is 28.6. The highest BCUT2D eigenvalue weighted by Crippen LogP contribution is 2.46. The van der Waals surface area contributed by atoms with Crippen LogP contribution in [0.1, 0.15) is 167 Å². The summed E-state index contributed by atoms with van der Waals surface area (Å²) in [4.78, 5) is 0. The maximum atomic E-state index is 13.6. The lowest BCUT2D eigenvalue weighted by Crippen LogP contribution is -2.42. The quantitative estimate of drug-likeness (QED) is 0.0777. The molecule has 3 nitrogen and oxygen atoms in total. The normalized spacial score (nSPS) is 28.4. The maximum Gasteiger partial charge on any atom is 0.500 e. The number of hydrogen-bond acceptors (Lipinski definition) is 3. The summed E-state index contributed by atoms with van der Waals surface area (Å²) in [7, 11) is 2.65. The van der Waals surface area contributed by atoms with Crippen LogP contribution < -0.4 is 0 Å². The molecule has 2 aromatic rings. The first-order valence-electron chi connectivity index (χ1n) is 21.8. The molecule has 4 aliphatic carbocycles. The van der Waals surface area contributed by atoms with Crippen molar-refractivity contribution in [3.05, 3.63) is 83.4 Å². The highest BCUT2D eigenvalue weighted by Gasteiger charge is 2.37. The average Bonchev–Trinajstić information content (AvgIpc) is 3.23. The molecular weight excluding hydrogens is 729 g/mol. The van der Waals surface area contributed by atoms with E-state index in [-0.39, 0.29) is 8.85 Å². The van der Waals surface area contributed by atoms with Gasteiger partial charge in [-0.15, -0.1) is 6.58 Å². The van der Waals surface area contributed by atoms with Gasteiger partial charge in [-0.3, -0.25) is 0 Å². The second-order valence-electron chi connectivity index (χ2n) is 17.5. The van der Waals surface area contributed by atoms with Crippen molar-refractivity contribution in [2.45, 2.75) is 160 Å². The van der Waals surface area contributed by atoms with Gasteiger partial charge in [0.2, 0.25) is 0 Å². The number of allylic oxidation sites excluding steroid dienone is 1. The minimum Gasteiger partial charge on any atom is -0.377 e. The summed E-state index contributed by atoms with van der Waals surface area (Å²) in [5.74, 6) is 3.12. The fourth-order valence-corrected chi connectivity index (χ4v) is 12.8. The topological polar surface area (TPSA) is 27.7 Å². The zero-order valence-electron chi connectivity index (χ0n) is 34.2. The van der Waals surface area contributed by atoms with E-state index < -0.39 is 32.1 Å². The van der Waals surface area contributed by atoms with Crippen molar-refractivity contribution < 1.29 is 32.3 Å². The monoisotopic (exact) mass is 806 g/mol. The second kappa shape index (κ2) is 23.6. The lowest BCUT2D eigenvalue weighted by atomic mass is 9.68. The van der Waals surface area contributed by atoms with Gasteiger partial charge in [0.15, 0.2) is 23.3 Å². The van der Waals surface area contributed by atoms with Gasteiger partial charge in [0.1, 0.15) is 0 Å². The molecule has 0 radical (unpaired) electrons. The van der Waals surface area contributed by atoms with Gasteiger partial charge >= 0.3 is 8.80 Å². The van der Waals surface area contributed by atoms with E-state index in [4.69, 9.17) is 13.3 Å². The summed E-state index contributed by atoms with van der Waals surface area (Å²) >= 11 is 0. The number of unbranched alkanes of at least 4 members (excludes halogenated alkanes) is 1. The van der Waals surface area contributed by atoms with Crippen LogP contribution in [-0.2, 0) is 13.3 Å². The molecule has 0 aromatic heterocycles. The van der Waals surface area contributed by atoms with Gasteiger partial charge in [0.25, 0.3) is 0 Å². The van der Waals surface area contributed by atoms with Crippen LogP contribution in [0.2, 0.25) is 6.04 Å². The number of halogens is 4. The van der Waals surface area contributed by atoms with Crippen molar-refractivity contribution in [3.63, 3.8) is 0 Å². The van der Waals surface area contributed by atoms with Crippen LogP contribution in [0.4, 0.5) is 17.6 Å². The van der Waals surface area contributed by atoms with E-state index in [9.17, 15) is 17.6 Å². The van der Waals surface area contributed by atoms with E-state index >= 15 is 0 Å². The number of rotatable bonds is 15. The van der Waals surface area contributed by atoms with Gasteiger partial charge in [-0.2, -0.15) is 0 Å². The van der Waals surface area contributed by atoms with Crippen LogP contribution in [0.5, 0.6) is 0 Å². The molecule has 56 heavy (non-hydrogen) atoms. The van der Waals surface area contributed by atoms with Crippen LogP contribution in [-0.4, -0.2) is 30.1 Å². The summed E-state index contributed by atoms with van der Waals surface area (Å²) < 4.78 is 69.9. The molecular formula is C48H76F4O3Si. The highest BCUT2D eigenvalue weighted by molar-refractivity contribution is 6.60. The Bertz CT molecular complexity index is 1420. The molecule has 0 N–H and O–H groups in total. The van der Waals surface area contributed by atoms with Crippen molar-refractivity contribution in [2.24, 2.45) is 35.5 Å². The zero-order chi connectivity index (χ0) is 39.2. The molecule has 0 amide bonds. The maximum absolute atomic E-state index is 13.6. The Labute approximate surface area is 340 Å². The molecule has 0 saturated heterocycles. The first-order valence-corrected chi connectivity index (χ1v) is 23.8. The molecule has 0 unspecified atom stereocenters. The third kappa shape index (κ3) is 13.3. The van der Waals surface area contributed by atoms with Crippen molar-refractivity contribution in [2.75, 3.05) is 21.3 Å². The Morgan fingerprint density at radius 3 is 1.29 bits per heavy atom. The first kappa shape index (κ1) is 46.7. The Balaban J connectivity index is 0.000000303. The molecule has 0 spiro atoms. The fraction of sp³-hybridized carbons (Fsp3) is 0.708. The summed E-state index contributed by atoms with van der Waals surface area (Å²) in [6, 6.07) is 9.81. The van der Waals surface area contributed by atoms with E-state index in [1.54, 1.807) is 33.5 Å². The van der Waals surface area contributed by atoms with E-state index in [0.29, 0.717) is 11.8 Å². The number of hydrogen-bond donors (Lipinski definition) is 0. The van der Waals surface area contributed by atoms with E-state index in [2.05, 4.69) is 6.58 Å². The Hall–Kier alpha value is -2.00. The van der Waals surface area contributed by atoms with Gasteiger partial charge in [-0.1, -0.05) is 64.2 Å². The Morgan fingerprint density at radius 1 is 0.554 bits per heavy atom. The summed E-state index contributed by atoms with van der Waals surface area (Å²) in [5, 5.41) is 0. The SMILES string of the molecule is C.C=CCCC1CCC(C2CCC(c3ccc(F)c(F)c3)CC2)CC1.CO[Si](CCCCC1CCC(C2CCC(c3ccc(F)c(F)c3)CC2)CC1)(OC)OC.[2HH]. The van der Waals surface area contributed by atoms with Crippen molar-refractivity contribution in [1.82, 2.24) is 0 Å². The van der Waals surface area contributed by atoms with Crippen molar-refractivity contribution in [3.8, 4) is 0 Å². The standard InChI is InChI=1S/C25H40F2O3Si.C22H30F2.CH4.H2/c1-28-31(29-2,30-3)17-5-4-6-19-7-9-20(10-8-19)21-11-13-22(14-12-21)23-15-16-24(26)25(27)18-23;1-2-3-4-16-5-7-17(8-6-16)18-9-11-19(12-10-18)20-13-14-21(23)22(24)15-20;;/h15-16,18-22H,4-14,17H2,1-3H3;2,13-19H,1,3-12H2;1H4;1H/i;;;1+1. The van der Waals surface area contributed by atoms with Crippen LogP contribution in [0.3, 0.4) is 0 Å². The predicted molar refractivity (Wildman–Crippen MR) is 227 cm³/mol. The molecule has 4 saturated carbocycles. The minimum atomic E-state index is -2.41. The van der Waals surface area contributed by atoms with Gasteiger partial charge in [0, 0.05) is 28.8 Å². The largest absolute Gasteiger partial charge is 0.500 e. The lowest BCUT2D eigenvalue weighted by molar-refractivity contribution is 0.122. The van der Waals surface area contributed by atoms with Crippen molar-refractivity contribution >= 4 is 8.80 Å². The molecule has 318 valence electrons. The molecule has 4 fully saturated rings. The smallest absolute Gasteiger partial charge is 0.377 e. The minimum absolute atomic E-state index is 0.